The average molecular weight is 406 g/mol. The van der Waals surface area contributed by atoms with Crippen molar-refractivity contribution in [2.24, 2.45) is 0 Å². The zero-order valence-electron chi connectivity index (χ0n) is 14.5. The van der Waals surface area contributed by atoms with Crippen LogP contribution in [0.5, 0.6) is 0 Å². The van der Waals surface area contributed by atoms with E-state index < -0.39 is 11.8 Å². The van der Waals surface area contributed by atoms with Gasteiger partial charge >= 0.3 is 0 Å². The summed E-state index contributed by atoms with van der Waals surface area (Å²) in [6.07, 6.45) is 0.825. The second-order valence-electron chi connectivity index (χ2n) is 5.83. The molecule has 0 saturated heterocycles. The lowest BCUT2D eigenvalue weighted by Crippen LogP contribution is -2.10. The van der Waals surface area contributed by atoms with Gasteiger partial charge in [0.25, 0.3) is 0 Å². The Bertz CT molecular complexity index is 909. The summed E-state index contributed by atoms with van der Waals surface area (Å²) >= 11 is 7.34. The van der Waals surface area contributed by atoms with Crippen molar-refractivity contribution in [3.8, 4) is 0 Å². The summed E-state index contributed by atoms with van der Waals surface area (Å²) in [5, 5.41) is 3.70. The van der Waals surface area contributed by atoms with Crippen LogP contribution < -0.4 is 10.0 Å². The van der Waals surface area contributed by atoms with Crippen LogP contribution in [0.2, 0.25) is 5.02 Å². The standard InChI is InChI=1S/C20H18ClF2N3S/c1-2-16(13-7-4-3-5-8-13)24-17-12-15(22)18(11-14(17)21)27-26-20-10-6-9-19(23)25-20/h3-12,16,24H,2H2,1H3,(H,25,26). The molecule has 3 aromatic rings. The fourth-order valence-corrected chi connectivity index (χ4v) is 3.53. The van der Waals surface area contributed by atoms with Crippen molar-refractivity contribution in [3.63, 3.8) is 0 Å². The molecule has 0 radical (unpaired) electrons. The molecule has 0 aliphatic heterocycles. The molecule has 0 fully saturated rings. The van der Waals surface area contributed by atoms with Crippen LogP contribution in [0.15, 0.2) is 65.6 Å². The van der Waals surface area contributed by atoms with Crippen molar-refractivity contribution in [2.45, 2.75) is 24.3 Å². The van der Waals surface area contributed by atoms with Gasteiger partial charge in [0.1, 0.15) is 11.6 Å². The van der Waals surface area contributed by atoms with E-state index in [1.807, 2.05) is 30.3 Å². The molecule has 0 aliphatic carbocycles. The molecule has 1 heterocycles. The molecule has 3 nitrogen and oxygen atoms in total. The third-order valence-electron chi connectivity index (χ3n) is 3.94. The van der Waals surface area contributed by atoms with Crippen molar-refractivity contribution in [3.05, 3.63) is 83.0 Å². The molecule has 0 spiro atoms. The molecule has 0 aliphatic rings. The van der Waals surface area contributed by atoms with Gasteiger partial charge in [-0.25, -0.2) is 9.37 Å². The molecular weight excluding hydrogens is 388 g/mol. The van der Waals surface area contributed by atoms with Crippen molar-refractivity contribution in [2.75, 3.05) is 10.0 Å². The zero-order valence-corrected chi connectivity index (χ0v) is 16.1. The van der Waals surface area contributed by atoms with E-state index in [0.717, 1.165) is 23.9 Å². The smallest absolute Gasteiger partial charge is 0.214 e. The second-order valence-corrected chi connectivity index (χ2v) is 7.08. The predicted molar refractivity (Wildman–Crippen MR) is 108 cm³/mol. The monoisotopic (exact) mass is 405 g/mol. The third-order valence-corrected chi connectivity index (χ3v) is 5.10. The topological polar surface area (TPSA) is 37.0 Å². The maximum atomic E-state index is 14.5. The molecule has 140 valence electrons. The van der Waals surface area contributed by atoms with Crippen LogP contribution >= 0.6 is 23.5 Å². The average Bonchev–Trinajstić information content (AvgIpc) is 2.68. The SMILES string of the molecule is CCC(Nc1cc(F)c(SNc2cccc(F)n2)cc1Cl)c1ccccc1. The van der Waals surface area contributed by atoms with Gasteiger partial charge in [-0.15, -0.1) is 0 Å². The maximum absolute atomic E-state index is 14.5. The first-order chi connectivity index (χ1) is 13.1. The summed E-state index contributed by atoms with van der Waals surface area (Å²) < 4.78 is 30.4. The van der Waals surface area contributed by atoms with Crippen molar-refractivity contribution in [1.82, 2.24) is 4.98 Å². The Kier molecular flexibility index (Phi) is 6.53. The number of benzene rings is 2. The van der Waals surface area contributed by atoms with E-state index in [1.54, 1.807) is 6.07 Å². The van der Waals surface area contributed by atoms with Gasteiger partial charge in [-0.3, -0.25) is 0 Å². The highest BCUT2D eigenvalue weighted by Gasteiger charge is 2.14. The largest absolute Gasteiger partial charge is 0.377 e. The maximum Gasteiger partial charge on any atom is 0.214 e. The van der Waals surface area contributed by atoms with E-state index in [2.05, 4.69) is 21.9 Å². The minimum atomic E-state index is -0.606. The fourth-order valence-electron chi connectivity index (χ4n) is 2.58. The van der Waals surface area contributed by atoms with Gasteiger partial charge in [0.2, 0.25) is 5.95 Å². The van der Waals surface area contributed by atoms with Crippen LogP contribution in [0.25, 0.3) is 0 Å². The Hall–Kier alpha value is -2.31. The highest BCUT2D eigenvalue weighted by atomic mass is 35.5. The molecule has 1 aromatic heterocycles. The van der Waals surface area contributed by atoms with Crippen LogP contribution in [0.3, 0.4) is 0 Å². The van der Waals surface area contributed by atoms with E-state index in [1.165, 1.54) is 24.3 Å². The summed E-state index contributed by atoms with van der Waals surface area (Å²) in [5.74, 6) is -0.739. The Morgan fingerprint density at radius 2 is 1.85 bits per heavy atom. The van der Waals surface area contributed by atoms with Crippen LogP contribution in [-0.2, 0) is 0 Å². The Morgan fingerprint density at radius 1 is 1.07 bits per heavy atom. The number of nitrogens with one attached hydrogen (secondary N) is 2. The first kappa shape index (κ1) is 19.5. The molecule has 7 heteroatoms. The van der Waals surface area contributed by atoms with E-state index in [-0.39, 0.29) is 6.04 Å². The number of aromatic nitrogens is 1. The van der Waals surface area contributed by atoms with E-state index in [0.29, 0.717) is 21.4 Å². The van der Waals surface area contributed by atoms with Gasteiger partial charge in [-0.05, 0) is 48.2 Å². The first-order valence-electron chi connectivity index (χ1n) is 8.42. The molecule has 1 atom stereocenters. The molecule has 2 N–H and O–H groups in total. The number of hydrogen-bond donors (Lipinski definition) is 2. The van der Waals surface area contributed by atoms with Crippen molar-refractivity contribution in [1.29, 1.82) is 0 Å². The normalized spacial score (nSPS) is 11.9. The minimum absolute atomic E-state index is 0.0243. The molecular formula is C20H18ClF2N3S. The predicted octanol–water partition coefficient (Wildman–Crippen LogP) is 6.70. The highest BCUT2D eigenvalue weighted by molar-refractivity contribution is 8.00. The lowest BCUT2D eigenvalue weighted by Gasteiger charge is -2.20. The number of halogens is 3. The van der Waals surface area contributed by atoms with Crippen LogP contribution in [0, 0.1) is 11.8 Å². The minimum Gasteiger partial charge on any atom is -0.377 e. The Morgan fingerprint density at radius 3 is 2.56 bits per heavy atom. The van der Waals surface area contributed by atoms with E-state index >= 15 is 0 Å². The van der Waals surface area contributed by atoms with Gasteiger partial charge < -0.3 is 10.0 Å². The lowest BCUT2D eigenvalue weighted by molar-refractivity contribution is 0.586. The molecule has 27 heavy (non-hydrogen) atoms. The van der Waals surface area contributed by atoms with Crippen LogP contribution in [0.4, 0.5) is 20.3 Å². The van der Waals surface area contributed by atoms with Crippen LogP contribution in [0.1, 0.15) is 24.9 Å². The lowest BCUT2D eigenvalue weighted by atomic mass is 10.0. The van der Waals surface area contributed by atoms with Gasteiger partial charge in [-0.2, -0.15) is 4.39 Å². The number of anilines is 2. The van der Waals surface area contributed by atoms with Gasteiger partial charge in [0.15, 0.2) is 0 Å². The number of rotatable bonds is 7. The fraction of sp³-hybridized carbons (Fsp3) is 0.150. The second kappa shape index (κ2) is 9.06. The van der Waals surface area contributed by atoms with Gasteiger partial charge in [0, 0.05) is 0 Å². The third kappa shape index (κ3) is 5.11. The van der Waals surface area contributed by atoms with Crippen LogP contribution in [-0.4, -0.2) is 4.98 Å². The summed E-state index contributed by atoms with van der Waals surface area (Å²) in [7, 11) is 0. The van der Waals surface area contributed by atoms with Gasteiger partial charge in [-0.1, -0.05) is 54.9 Å². The summed E-state index contributed by atoms with van der Waals surface area (Å²) in [5.41, 5.74) is 1.63. The molecule has 1 unspecified atom stereocenters. The van der Waals surface area contributed by atoms with Crippen molar-refractivity contribution >= 4 is 35.1 Å². The summed E-state index contributed by atoms with van der Waals surface area (Å²) in [6, 6.07) is 17.2. The Labute approximate surface area is 166 Å². The van der Waals surface area contributed by atoms with Crippen molar-refractivity contribution < 1.29 is 8.78 Å². The van der Waals surface area contributed by atoms with Gasteiger partial charge in [0.05, 0.1) is 21.6 Å². The molecule has 0 saturated carbocycles. The highest BCUT2D eigenvalue weighted by Crippen LogP contribution is 2.34. The number of hydrogen-bond acceptors (Lipinski definition) is 4. The number of nitrogens with zero attached hydrogens (tertiary/aromatic N) is 1. The molecule has 2 aromatic carbocycles. The summed E-state index contributed by atoms with van der Waals surface area (Å²) in [6.45, 7) is 2.05. The number of pyridine rings is 1. The van der Waals surface area contributed by atoms with E-state index in [9.17, 15) is 8.78 Å². The Balaban J connectivity index is 1.74. The molecule has 0 bridgehead atoms. The zero-order chi connectivity index (χ0) is 19.2. The molecule has 3 rings (SSSR count). The molecule has 0 amide bonds. The first-order valence-corrected chi connectivity index (χ1v) is 9.62. The van der Waals surface area contributed by atoms with E-state index in [4.69, 9.17) is 11.6 Å². The summed E-state index contributed by atoms with van der Waals surface area (Å²) in [4.78, 5) is 3.97. The quantitative estimate of drug-likeness (QED) is 0.339.